The first-order valence-electron chi connectivity index (χ1n) is 17.8. The van der Waals surface area contributed by atoms with Crippen molar-refractivity contribution in [2.45, 2.75) is 108 Å². The van der Waals surface area contributed by atoms with Crippen LogP contribution in [-0.4, -0.2) is 117 Å². The lowest BCUT2D eigenvalue weighted by atomic mass is 9.72. The van der Waals surface area contributed by atoms with Crippen molar-refractivity contribution in [3.63, 3.8) is 0 Å². The standard InChI is InChI=1S/C38H43NO17/c1-17-31(45)22(39-36(50)38(55-18(2)42,56-19(3)43)11-6-5-7-12-40)13-26(53-17)54-24-15-37(51,25(44)16-41)14-21-28(24)35(49)30-29(33(21)47)32(46)20-9-8-10-23(52-4)27(20)34(30)48/h8-10,12,17,22,24,26,31,41,45,47,49,51H,5-7,11,13-16H2,1-4H3,(H,39,50)/t17?,22?,24-,26?,31?,37-/m0/s1. The number of amides is 1. The second kappa shape index (κ2) is 16.4. The van der Waals surface area contributed by atoms with Crippen LogP contribution in [0.5, 0.6) is 17.2 Å². The van der Waals surface area contributed by atoms with E-state index in [-0.39, 0.29) is 53.7 Å². The summed E-state index contributed by atoms with van der Waals surface area (Å²) in [5, 5.41) is 58.3. The molecule has 56 heavy (non-hydrogen) atoms. The highest BCUT2D eigenvalue weighted by molar-refractivity contribution is 6.31. The highest BCUT2D eigenvalue weighted by Gasteiger charge is 2.52. The summed E-state index contributed by atoms with van der Waals surface area (Å²) in [6.07, 6.45) is -6.59. The van der Waals surface area contributed by atoms with E-state index in [1.165, 1.54) is 32.2 Å². The number of fused-ring (bicyclic) bond motifs is 3. The van der Waals surface area contributed by atoms with E-state index < -0.39 is 126 Å². The van der Waals surface area contributed by atoms with Gasteiger partial charge >= 0.3 is 23.6 Å². The molecule has 0 radical (unpaired) electrons. The highest BCUT2D eigenvalue weighted by atomic mass is 16.7. The van der Waals surface area contributed by atoms with Crippen molar-refractivity contribution in [1.82, 2.24) is 5.32 Å². The van der Waals surface area contributed by atoms with E-state index >= 15 is 0 Å². The molecule has 5 rings (SSSR count). The second-order valence-corrected chi connectivity index (χ2v) is 13.9. The zero-order valence-electron chi connectivity index (χ0n) is 31.0. The first-order valence-corrected chi connectivity index (χ1v) is 17.8. The number of carbonyl (C=O) groups is 7. The summed E-state index contributed by atoms with van der Waals surface area (Å²) in [4.78, 5) is 89.6. The number of carbonyl (C=O) groups excluding carboxylic acids is 7. The molecule has 18 heteroatoms. The van der Waals surface area contributed by atoms with E-state index in [1.807, 2.05) is 0 Å². The Morgan fingerprint density at radius 1 is 1.02 bits per heavy atom. The lowest BCUT2D eigenvalue weighted by Gasteiger charge is -2.43. The Labute approximate surface area is 319 Å². The van der Waals surface area contributed by atoms with Crippen LogP contribution < -0.4 is 10.1 Å². The number of phenols is 2. The molecular weight excluding hydrogens is 742 g/mol. The third-order valence-electron chi connectivity index (χ3n) is 10.1. The van der Waals surface area contributed by atoms with Crippen LogP contribution in [0, 0.1) is 0 Å². The number of aldehydes is 1. The number of Topliss-reactive ketones (excluding diaryl/α,β-unsaturated/α-hetero) is 1. The van der Waals surface area contributed by atoms with Crippen LogP contribution in [-0.2, 0) is 49.3 Å². The Balaban J connectivity index is 1.53. The van der Waals surface area contributed by atoms with Gasteiger partial charge in [0.05, 0.1) is 42.0 Å². The Morgan fingerprint density at radius 3 is 2.29 bits per heavy atom. The Hall–Kier alpha value is -5.27. The Morgan fingerprint density at radius 2 is 1.68 bits per heavy atom. The summed E-state index contributed by atoms with van der Waals surface area (Å²) in [5.41, 5.74) is -4.53. The molecule has 2 aliphatic carbocycles. The maximum Gasteiger partial charge on any atom is 0.336 e. The maximum absolute atomic E-state index is 14.0. The summed E-state index contributed by atoms with van der Waals surface area (Å²) in [6.45, 7) is 2.25. The number of ketones is 3. The summed E-state index contributed by atoms with van der Waals surface area (Å²) >= 11 is 0. The molecule has 2 aromatic rings. The van der Waals surface area contributed by atoms with Gasteiger partial charge in [0.15, 0.2) is 17.9 Å². The average molecular weight is 786 g/mol. The third kappa shape index (κ3) is 7.74. The van der Waals surface area contributed by atoms with Gasteiger partial charge in [-0.3, -0.25) is 28.8 Å². The van der Waals surface area contributed by atoms with Crippen molar-refractivity contribution < 1.29 is 82.8 Å². The van der Waals surface area contributed by atoms with Gasteiger partial charge < -0.3 is 59.3 Å². The number of benzene rings is 2. The quantitative estimate of drug-likeness (QED) is 0.0432. The van der Waals surface area contributed by atoms with E-state index in [0.717, 1.165) is 13.8 Å². The minimum absolute atomic E-state index is 0.0162. The zero-order valence-corrected chi connectivity index (χ0v) is 31.0. The molecule has 6 N–H and O–H groups in total. The number of ether oxygens (including phenoxy) is 5. The minimum atomic E-state index is -2.49. The van der Waals surface area contributed by atoms with Gasteiger partial charge in [-0.05, 0) is 25.8 Å². The van der Waals surface area contributed by atoms with E-state index in [1.54, 1.807) is 0 Å². The summed E-state index contributed by atoms with van der Waals surface area (Å²) in [7, 11) is 1.27. The van der Waals surface area contributed by atoms with Crippen molar-refractivity contribution >= 4 is 41.5 Å². The fraction of sp³-hybridized carbons (Fsp3) is 0.500. The van der Waals surface area contributed by atoms with E-state index in [9.17, 15) is 59.1 Å². The van der Waals surface area contributed by atoms with Crippen LogP contribution in [0.4, 0.5) is 0 Å². The molecule has 1 amide bonds. The van der Waals surface area contributed by atoms with Crippen molar-refractivity contribution in [3.8, 4) is 17.2 Å². The molecule has 18 nitrogen and oxygen atoms in total. The van der Waals surface area contributed by atoms with Crippen LogP contribution >= 0.6 is 0 Å². The number of hydrogen-bond acceptors (Lipinski definition) is 17. The molecular formula is C38H43NO17. The second-order valence-electron chi connectivity index (χ2n) is 13.9. The van der Waals surface area contributed by atoms with Gasteiger partial charge in [-0.25, -0.2) is 0 Å². The van der Waals surface area contributed by atoms with Gasteiger partial charge in [0.1, 0.15) is 41.8 Å². The average Bonchev–Trinajstić information content (AvgIpc) is 3.14. The number of aromatic hydroxyl groups is 2. The maximum atomic E-state index is 14.0. The number of unbranched alkanes of at least 4 members (excludes halogenated alkanes) is 2. The van der Waals surface area contributed by atoms with Gasteiger partial charge in [-0.2, -0.15) is 0 Å². The number of aliphatic hydroxyl groups excluding tert-OH is 2. The molecule has 0 bridgehead atoms. The van der Waals surface area contributed by atoms with Crippen molar-refractivity contribution in [2.75, 3.05) is 13.7 Å². The van der Waals surface area contributed by atoms with Crippen LogP contribution in [0.15, 0.2) is 18.2 Å². The molecule has 6 atom stereocenters. The van der Waals surface area contributed by atoms with Crippen molar-refractivity contribution in [2.24, 2.45) is 0 Å². The van der Waals surface area contributed by atoms with Crippen molar-refractivity contribution in [1.29, 1.82) is 0 Å². The largest absolute Gasteiger partial charge is 0.507 e. The number of methoxy groups -OCH3 is 1. The number of hydrogen-bond donors (Lipinski definition) is 6. The molecule has 1 heterocycles. The van der Waals surface area contributed by atoms with Gasteiger partial charge in [0.25, 0.3) is 0 Å². The van der Waals surface area contributed by atoms with E-state index in [0.29, 0.717) is 6.29 Å². The third-order valence-corrected chi connectivity index (χ3v) is 10.1. The molecule has 1 fully saturated rings. The first-order chi connectivity index (χ1) is 26.4. The fourth-order valence-electron chi connectivity index (χ4n) is 7.52. The Bertz CT molecular complexity index is 1940. The predicted octanol–water partition coefficient (Wildman–Crippen LogP) is 0.741. The smallest absolute Gasteiger partial charge is 0.336 e. The predicted molar refractivity (Wildman–Crippen MR) is 187 cm³/mol. The number of nitrogens with one attached hydrogen (secondary N) is 1. The van der Waals surface area contributed by atoms with Crippen LogP contribution in [0.3, 0.4) is 0 Å². The van der Waals surface area contributed by atoms with Crippen LogP contribution in [0.1, 0.15) is 108 Å². The molecule has 3 aliphatic rings. The zero-order chi connectivity index (χ0) is 41.3. The molecule has 4 unspecified atom stereocenters. The van der Waals surface area contributed by atoms with E-state index in [4.69, 9.17) is 23.7 Å². The van der Waals surface area contributed by atoms with Crippen LogP contribution in [0.25, 0.3) is 0 Å². The molecule has 1 saturated heterocycles. The SMILES string of the molecule is COc1cccc2c1C(=O)c1c(O)c3c(c(O)c1C2=O)C[C@@](O)(C(=O)CO)C[C@@H]3OC1CC(NC(=O)C(CCCCC=O)(OC(C)=O)OC(C)=O)C(O)C(C)O1. The number of rotatable bonds is 14. The fourth-order valence-corrected chi connectivity index (χ4v) is 7.52. The van der Waals surface area contributed by atoms with Gasteiger partial charge in [-0.1, -0.05) is 12.1 Å². The number of aliphatic hydroxyl groups is 3. The first kappa shape index (κ1) is 41.9. The normalized spacial score (nSPS) is 24.2. The Kier molecular flexibility index (Phi) is 12.3. The highest BCUT2D eigenvalue weighted by Crippen LogP contribution is 2.52. The van der Waals surface area contributed by atoms with Gasteiger partial charge in [0, 0.05) is 62.6 Å². The van der Waals surface area contributed by atoms with E-state index in [2.05, 4.69) is 5.32 Å². The molecule has 2 aromatic carbocycles. The minimum Gasteiger partial charge on any atom is -0.507 e. The molecule has 0 aromatic heterocycles. The van der Waals surface area contributed by atoms with Gasteiger partial charge in [0.2, 0.25) is 5.78 Å². The van der Waals surface area contributed by atoms with Crippen molar-refractivity contribution in [3.05, 3.63) is 51.6 Å². The topological polar surface area (TPSA) is 279 Å². The number of esters is 2. The lowest BCUT2D eigenvalue weighted by Crippen LogP contribution is -2.61. The van der Waals surface area contributed by atoms with Crippen LogP contribution in [0.2, 0.25) is 0 Å². The molecule has 0 saturated carbocycles. The summed E-state index contributed by atoms with van der Waals surface area (Å²) in [5.74, 6) is -10.0. The number of phenolic OH excluding ortho intramolecular Hbond substituents is 2. The summed E-state index contributed by atoms with van der Waals surface area (Å²) in [6, 6.07) is 2.94. The lowest BCUT2D eigenvalue weighted by molar-refractivity contribution is -0.252. The monoisotopic (exact) mass is 785 g/mol. The molecule has 1 aliphatic heterocycles. The molecule has 0 spiro atoms. The van der Waals surface area contributed by atoms with Gasteiger partial charge in [-0.15, -0.1) is 0 Å². The summed E-state index contributed by atoms with van der Waals surface area (Å²) < 4.78 is 27.9. The molecule has 302 valence electrons.